The van der Waals surface area contributed by atoms with E-state index >= 15 is 0 Å². The number of nitrogens with one attached hydrogen (secondary N) is 2. The maximum Gasteiger partial charge on any atom is 0.319 e. The maximum absolute atomic E-state index is 12.2. The molecule has 7 nitrogen and oxygen atoms in total. The smallest absolute Gasteiger partial charge is 0.319 e. The second kappa shape index (κ2) is 7.82. The zero-order chi connectivity index (χ0) is 17.8. The molecule has 2 aliphatic rings. The van der Waals surface area contributed by atoms with Gasteiger partial charge >= 0.3 is 6.03 Å². The number of rotatable bonds is 5. The Kier molecular flexibility index (Phi) is 5.53. The lowest BCUT2D eigenvalue weighted by molar-refractivity contribution is 0.0822. The number of anilines is 1. The number of nitrogens with zero attached hydrogens (tertiary/aromatic N) is 3. The lowest BCUT2D eigenvalue weighted by atomic mass is 10.0. The van der Waals surface area contributed by atoms with Gasteiger partial charge in [0.05, 0.1) is 0 Å². The van der Waals surface area contributed by atoms with Gasteiger partial charge in [-0.1, -0.05) is 6.42 Å². The number of carbonyl (C=O) groups is 2. The molecule has 3 rings (SSSR count). The molecule has 1 aliphatic heterocycles. The Labute approximate surface area is 148 Å². The zero-order valence-electron chi connectivity index (χ0n) is 15.0. The molecule has 0 aromatic carbocycles. The predicted molar refractivity (Wildman–Crippen MR) is 96.6 cm³/mol. The fourth-order valence-corrected chi connectivity index (χ4v) is 3.37. The van der Waals surface area contributed by atoms with Crippen LogP contribution in [0.25, 0.3) is 0 Å². The first kappa shape index (κ1) is 17.7. The van der Waals surface area contributed by atoms with E-state index in [1.165, 1.54) is 36.8 Å². The lowest BCUT2D eigenvalue weighted by Gasteiger charge is -2.36. The van der Waals surface area contributed by atoms with Gasteiger partial charge < -0.3 is 15.5 Å². The topological polar surface area (TPSA) is 77.6 Å². The molecule has 2 N–H and O–H groups in total. The van der Waals surface area contributed by atoms with Crippen molar-refractivity contribution in [3.8, 4) is 0 Å². The Balaban J connectivity index is 1.52. The summed E-state index contributed by atoms with van der Waals surface area (Å²) in [7, 11) is 3.35. The van der Waals surface area contributed by atoms with Crippen LogP contribution in [0.3, 0.4) is 0 Å². The van der Waals surface area contributed by atoms with E-state index in [4.69, 9.17) is 0 Å². The van der Waals surface area contributed by atoms with Crippen molar-refractivity contribution in [2.45, 2.75) is 44.2 Å². The highest BCUT2D eigenvalue weighted by Crippen LogP contribution is 2.32. The average molecular weight is 345 g/mol. The Morgan fingerprint density at radius 3 is 2.80 bits per heavy atom. The highest BCUT2D eigenvalue weighted by Gasteiger charge is 2.35. The van der Waals surface area contributed by atoms with Crippen molar-refractivity contribution in [3.05, 3.63) is 24.0 Å². The second-order valence-electron chi connectivity index (χ2n) is 7.08. The summed E-state index contributed by atoms with van der Waals surface area (Å²) in [6.45, 7) is 1.82. The molecule has 0 spiro atoms. The number of hydrogen-bond donors (Lipinski definition) is 2. The Morgan fingerprint density at radius 1 is 1.28 bits per heavy atom. The maximum atomic E-state index is 12.2. The molecule has 136 valence electrons. The Bertz CT molecular complexity index is 630. The third-order valence-corrected chi connectivity index (χ3v) is 4.83. The molecule has 1 saturated carbocycles. The number of amides is 3. The molecule has 2 heterocycles. The number of aromatic nitrogens is 1. The van der Waals surface area contributed by atoms with Crippen molar-refractivity contribution in [3.63, 3.8) is 0 Å². The van der Waals surface area contributed by atoms with E-state index in [2.05, 4.69) is 20.5 Å². The third-order valence-electron chi connectivity index (χ3n) is 4.83. The van der Waals surface area contributed by atoms with E-state index in [1.54, 1.807) is 26.2 Å². The molecule has 1 aromatic rings. The summed E-state index contributed by atoms with van der Waals surface area (Å²) in [4.78, 5) is 32.2. The van der Waals surface area contributed by atoms with E-state index in [-0.39, 0.29) is 11.9 Å². The highest BCUT2D eigenvalue weighted by molar-refractivity contribution is 5.95. The van der Waals surface area contributed by atoms with Gasteiger partial charge in [-0.3, -0.25) is 14.7 Å². The van der Waals surface area contributed by atoms with Crippen LogP contribution in [0.5, 0.6) is 0 Å². The van der Waals surface area contributed by atoms with Gasteiger partial charge in [0.15, 0.2) is 0 Å². The van der Waals surface area contributed by atoms with E-state index < -0.39 is 0 Å². The summed E-state index contributed by atoms with van der Waals surface area (Å²) in [5.41, 5.74) is 0.885. The molecular weight excluding hydrogens is 318 g/mol. The first-order valence-corrected chi connectivity index (χ1v) is 9.03. The van der Waals surface area contributed by atoms with Gasteiger partial charge in [-0.15, -0.1) is 0 Å². The van der Waals surface area contributed by atoms with Crippen LogP contribution in [0.1, 0.15) is 42.6 Å². The molecule has 7 heteroatoms. The number of pyridine rings is 1. The minimum absolute atomic E-state index is 0.189. The van der Waals surface area contributed by atoms with Crippen molar-refractivity contribution in [1.82, 2.24) is 20.1 Å². The average Bonchev–Trinajstić information content (AvgIpc) is 3.44. The molecule has 3 amide bonds. The molecule has 1 atom stereocenters. The van der Waals surface area contributed by atoms with Crippen LogP contribution in [0.4, 0.5) is 10.5 Å². The molecule has 2 fully saturated rings. The number of piperidine rings is 1. The molecule has 0 bridgehead atoms. The van der Waals surface area contributed by atoms with Crippen LogP contribution < -0.4 is 10.6 Å². The zero-order valence-corrected chi connectivity index (χ0v) is 15.0. The largest absolute Gasteiger partial charge is 0.343 e. The summed E-state index contributed by atoms with van der Waals surface area (Å²) in [5.74, 6) is -0.189. The van der Waals surface area contributed by atoms with E-state index in [0.29, 0.717) is 24.0 Å². The van der Waals surface area contributed by atoms with E-state index in [1.807, 2.05) is 0 Å². The van der Waals surface area contributed by atoms with Gasteiger partial charge in [0.25, 0.3) is 5.91 Å². The normalized spacial score (nSPS) is 20.8. The SMILES string of the molecule is CN(C)C(=O)c1cc(NC(=O)NCC2CCCCN2C2CC2)ccn1. The number of carbonyl (C=O) groups excluding carboxylic acids is 2. The molecule has 25 heavy (non-hydrogen) atoms. The standard InChI is InChI=1S/C18H27N5O2/c1-22(2)17(24)16-11-13(8-9-19-16)21-18(25)20-12-15-5-3-4-10-23(15)14-6-7-14/h8-9,11,14-15H,3-7,10,12H2,1-2H3,(H2,19,20,21,25). The minimum atomic E-state index is -0.240. The fraction of sp³-hybridized carbons (Fsp3) is 0.611. The Morgan fingerprint density at radius 2 is 2.08 bits per heavy atom. The summed E-state index contributed by atoms with van der Waals surface area (Å²) in [6.07, 6.45) is 7.76. The summed E-state index contributed by atoms with van der Waals surface area (Å²) in [5, 5.41) is 5.77. The highest BCUT2D eigenvalue weighted by atomic mass is 16.2. The molecule has 0 radical (unpaired) electrons. The third kappa shape index (κ3) is 4.69. The molecule has 1 aromatic heterocycles. The van der Waals surface area contributed by atoms with E-state index in [0.717, 1.165) is 19.0 Å². The van der Waals surface area contributed by atoms with Gasteiger partial charge in [0, 0.05) is 44.6 Å². The first-order valence-electron chi connectivity index (χ1n) is 9.03. The van der Waals surface area contributed by atoms with Crippen molar-refractivity contribution in [2.24, 2.45) is 0 Å². The van der Waals surface area contributed by atoms with Crippen LogP contribution in [-0.4, -0.2) is 66.0 Å². The molecular formula is C18H27N5O2. The van der Waals surface area contributed by atoms with Crippen molar-refractivity contribution < 1.29 is 9.59 Å². The lowest BCUT2D eigenvalue weighted by Crippen LogP contribution is -2.48. The van der Waals surface area contributed by atoms with Gasteiger partial charge in [0.2, 0.25) is 0 Å². The van der Waals surface area contributed by atoms with Gasteiger partial charge in [-0.2, -0.15) is 0 Å². The van der Waals surface area contributed by atoms with Crippen molar-refractivity contribution in [2.75, 3.05) is 32.5 Å². The van der Waals surface area contributed by atoms with Crippen molar-refractivity contribution in [1.29, 1.82) is 0 Å². The van der Waals surface area contributed by atoms with Gasteiger partial charge in [0.1, 0.15) is 5.69 Å². The predicted octanol–water partition coefficient (Wildman–Crippen LogP) is 1.92. The summed E-state index contributed by atoms with van der Waals surface area (Å²) >= 11 is 0. The van der Waals surface area contributed by atoms with Gasteiger partial charge in [-0.25, -0.2) is 4.79 Å². The van der Waals surface area contributed by atoms with Gasteiger partial charge in [-0.05, 0) is 44.4 Å². The number of hydrogen-bond acceptors (Lipinski definition) is 4. The minimum Gasteiger partial charge on any atom is -0.343 e. The molecule has 1 unspecified atom stereocenters. The molecule has 1 aliphatic carbocycles. The monoisotopic (exact) mass is 345 g/mol. The van der Waals surface area contributed by atoms with Crippen LogP contribution in [0.2, 0.25) is 0 Å². The quantitative estimate of drug-likeness (QED) is 0.855. The van der Waals surface area contributed by atoms with Crippen LogP contribution in [0.15, 0.2) is 18.3 Å². The fourth-order valence-electron chi connectivity index (χ4n) is 3.37. The van der Waals surface area contributed by atoms with Crippen LogP contribution in [-0.2, 0) is 0 Å². The first-order chi connectivity index (χ1) is 12.0. The molecule has 1 saturated heterocycles. The number of urea groups is 1. The number of likely N-dealkylation sites (tertiary alicyclic amines) is 1. The van der Waals surface area contributed by atoms with Crippen molar-refractivity contribution >= 4 is 17.6 Å². The van der Waals surface area contributed by atoms with E-state index in [9.17, 15) is 9.59 Å². The van der Waals surface area contributed by atoms with Crippen LogP contribution >= 0.6 is 0 Å². The summed E-state index contributed by atoms with van der Waals surface area (Å²) < 4.78 is 0. The van der Waals surface area contributed by atoms with Crippen LogP contribution in [0, 0.1) is 0 Å². The second-order valence-corrected chi connectivity index (χ2v) is 7.08. The Hall–Kier alpha value is -2.15. The summed E-state index contributed by atoms with van der Waals surface area (Å²) in [6, 6.07) is 4.21.